The third kappa shape index (κ3) is 3.84. The summed E-state index contributed by atoms with van der Waals surface area (Å²) in [5.74, 6) is 0. The molecule has 2 saturated heterocycles. The number of carbonyl (C=O) groups excluding carboxylic acids is 1. The lowest BCUT2D eigenvalue weighted by Gasteiger charge is -2.32. The number of carbonyl (C=O) groups is 1. The van der Waals surface area contributed by atoms with Crippen LogP contribution in [0.4, 0.5) is 4.79 Å². The van der Waals surface area contributed by atoms with Crippen LogP contribution in [0, 0.1) is 0 Å². The summed E-state index contributed by atoms with van der Waals surface area (Å²) in [6.07, 6.45) is 1.09. The van der Waals surface area contributed by atoms with Crippen molar-refractivity contribution >= 4 is 6.09 Å². The van der Waals surface area contributed by atoms with E-state index in [4.69, 9.17) is 14.2 Å². The maximum atomic E-state index is 12.2. The molecule has 6 heteroatoms. The molecule has 0 radical (unpaired) electrons. The molecule has 0 bridgehead atoms. The second-order valence-electron chi connectivity index (χ2n) is 6.60. The van der Waals surface area contributed by atoms with Gasteiger partial charge in [-0.2, -0.15) is 0 Å². The molecular weight excluding hydrogens is 262 g/mol. The molecule has 2 aliphatic heterocycles. The lowest BCUT2D eigenvalue weighted by molar-refractivity contribution is -0.0968. The van der Waals surface area contributed by atoms with Crippen LogP contribution in [0.5, 0.6) is 0 Å². The van der Waals surface area contributed by atoms with E-state index < -0.39 is 11.2 Å². The van der Waals surface area contributed by atoms with Crippen molar-refractivity contribution in [1.29, 1.82) is 0 Å². The Hall–Kier alpha value is -0.850. The standard InChI is InChI=1S/C14H25NO5/c1-13(2,3)20-12(17)15-6-7-18-10-14(9-15)5-4-11(8-16)19-14/h11,16H,4-10H2,1-3H3. The molecule has 6 nitrogen and oxygen atoms in total. The van der Waals surface area contributed by atoms with Crippen LogP contribution in [0.25, 0.3) is 0 Å². The highest BCUT2D eigenvalue weighted by Crippen LogP contribution is 2.33. The molecule has 1 spiro atoms. The molecule has 1 N–H and O–H groups in total. The first kappa shape index (κ1) is 15.5. The van der Waals surface area contributed by atoms with Crippen molar-refractivity contribution in [2.24, 2.45) is 0 Å². The molecule has 2 rings (SSSR count). The lowest BCUT2D eigenvalue weighted by Crippen LogP contribution is -2.48. The van der Waals surface area contributed by atoms with E-state index in [0.29, 0.717) is 26.3 Å². The SMILES string of the molecule is CC(C)(C)OC(=O)N1CCOCC2(CCC(CO)O2)C1. The summed E-state index contributed by atoms with van der Waals surface area (Å²) in [5.41, 5.74) is -1.01. The quantitative estimate of drug-likeness (QED) is 0.784. The number of aliphatic hydroxyl groups excluding tert-OH is 1. The molecule has 2 fully saturated rings. The van der Waals surface area contributed by atoms with Gasteiger partial charge in [0.15, 0.2) is 0 Å². The number of rotatable bonds is 1. The van der Waals surface area contributed by atoms with E-state index in [1.54, 1.807) is 4.90 Å². The predicted octanol–water partition coefficient (Wildman–Crippen LogP) is 1.16. The van der Waals surface area contributed by atoms with Crippen molar-refractivity contribution in [1.82, 2.24) is 4.90 Å². The van der Waals surface area contributed by atoms with Gasteiger partial charge in [-0.3, -0.25) is 0 Å². The fraction of sp³-hybridized carbons (Fsp3) is 0.929. The van der Waals surface area contributed by atoms with Gasteiger partial charge in [0, 0.05) is 6.54 Å². The molecular formula is C14H25NO5. The van der Waals surface area contributed by atoms with Crippen LogP contribution in [0.15, 0.2) is 0 Å². The molecule has 2 aliphatic rings. The minimum absolute atomic E-state index is 0.00812. The average Bonchev–Trinajstić information content (AvgIpc) is 2.61. The Balaban J connectivity index is 2.02. The number of hydrogen-bond donors (Lipinski definition) is 1. The smallest absolute Gasteiger partial charge is 0.410 e. The first-order valence-corrected chi connectivity index (χ1v) is 7.18. The second-order valence-corrected chi connectivity index (χ2v) is 6.60. The van der Waals surface area contributed by atoms with Crippen molar-refractivity contribution in [2.75, 3.05) is 32.9 Å². The molecule has 2 heterocycles. The molecule has 2 atom stereocenters. The predicted molar refractivity (Wildman–Crippen MR) is 72.5 cm³/mol. The highest BCUT2D eigenvalue weighted by Gasteiger charge is 2.44. The molecule has 0 aromatic rings. The molecule has 20 heavy (non-hydrogen) atoms. The Bertz CT molecular complexity index is 354. The third-order valence-electron chi connectivity index (χ3n) is 3.54. The maximum Gasteiger partial charge on any atom is 0.410 e. The minimum atomic E-state index is -0.512. The first-order valence-electron chi connectivity index (χ1n) is 7.18. The summed E-state index contributed by atoms with van der Waals surface area (Å²) < 4.78 is 16.9. The minimum Gasteiger partial charge on any atom is -0.444 e. The highest BCUT2D eigenvalue weighted by atomic mass is 16.6. The van der Waals surface area contributed by atoms with Gasteiger partial charge < -0.3 is 24.2 Å². The molecule has 2 unspecified atom stereocenters. The van der Waals surface area contributed by atoms with E-state index in [9.17, 15) is 9.90 Å². The zero-order valence-electron chi connectivity index (χ0n) is 12.6. The molecule has 0 saturated carbocycles. The van der Waals surface area contributed by atoms with Crippen molar-refractivity contribution in [3.63, 3.8) is 0 Å². The number of aliphatic hydroxyl groups is 1. The van der Waals surface area contributed by atoms with Crippen molar-refractivity contribution in [3.8, 4) is 0 Å². The van der Waals surface area contributed by atoms with Gasteiger partial charge in [-0.05, 0) is 33.6 Å². The van der Waals surface area contributed by atoms with E-state index in [1.165, 1.54) is 0 Å². The van der Waals surface area contributed by atoms with E-state index in [-0.39, 0.29) is 18.8 Å². The first-order chi connectivity index (χ1) is 9.34. The van der Waals surface area contributed by atoms with Gasteiger partial charge in [-0.1, -0.05) is 0 Å². The molecule has 0 aromatic carbocycles. The summed E-state index contributed by atoms with van der Waals surface area (Å²) in [6, 6.07) is 0. The van der Waals surface area contributed by atoms with Gasteiger partial charge in [0.25, 0.3) is 0 Å². The number of ether oxygens (including phenoxy) is 3. The van der Waals surface area contributed by atoms with Crippen LogP contribution >= 0.6 is 0 Å². The van der Waals surface area contributed by atoms with Crippen molar-refractivity contribution < 1.29 is 24.1 Å². The summed E-state index contributed by atoms with van der Waals surface area (Å²) in [7, 11) is 0. The Morgan fingerprint density at radius 2 is 2.25 bits per heavy atom. The van der Waals surface area contributed by atoms with E-state index in [1.807, 2.05) is 20.8 Å². The van der Waals surface area contributed by atoms with E-state index in [2.05, 4.69) is 0 Å². The van der Waals surface area contributed by atoms with Gasteiger partial charge in [-0.15, -0.1) is 0 Å². The number of amides is 1. The molecule has 1 amide bonds. The lowest BCUT2D eigenvalue weighted by atomic mass is 10.0. The van der Waals surface area contributed by atoms with Crippen molar-refractivity contribution in [2.45, 2.75) is 50.9 Å². The van der Waals surface area contributed by atoms with Gasteiger partial charge in [0.1, 0.15) is 11.2 Å². The van der Waals surface area contributed by atoms with Crippen molar-refractivity contribution in [3.05, 3.63) is 0 Å². The second kappa shape index (κ2) is 5.87. The normalized spacial score (nSPS) is 31.4. The largest absolute Gasteiger partial charge is 0.444 e. The molecule has 0 aliphatic carbocycles. The van der Waals surface area contributed by atoms with Crippen LogP contribution in [0.2, 0.25) is 0 Å². The Kier molecular flexibility index (Phi) is 4.56. The fourth-order valence-electron chi connectivity index (χ4n) is 2.63. The summed E-state index contributed by atoms with van der Waals surface area (Å²) >= 11 is 0. The van der Waals surface area contributed by atoms with E-state index >= 15 is 0 Å². The Morgan fingerprint density at radius 1 is 1.50 bits per heavy atom. The number of hydrogen-bond acceptors (Lipinski definition) is 5. The van der Waals surface area contributed by atoms with Gasteiger partial charge in [0.05, 0.1) is 32.5 Å². The van der Waals surface area contributed by atoms with E-state index in [0.717, 1.165) is 12.8 Å². The summed E-state index contributed by atoms with van der Waals surface area (Å²) in [4.78, 5) is 13.9. The maximum absolute atomic E-state index is 12.2. The third-order valence-corrected chi connectivity index (χ3v) is 3.54. The zero-order chi connectivity index (χ0) is 14.8. The Morgan fingerprint density at radius 3 is 2.85 bits per heavy atom. The number of nitrogens with zero attached hydrogens (tertiary/aromatic N) is 1. The monoisotopic (exact) mass is 287 g/mol. The molecule has 0 aromatic heterocycles. The zero-order valence-corrected chi connectivity index (χ0v) is 12.6. The van der Waals surface area contributed by atoms with Crippen LogP contribution in [-0.2, 0) is 14.2 Å². The summed E-state index contributed by atoms with van der Waals surface area (Å²) in [5, 5.41) is 9.21. The van der Waals surface area contributed by atoms with Gasteiger partial charge >= 0.3 is 6.09 Å². The summed E-state index contributed by atoms with van der Waals surface area (Å²) in [6.45, 7) is 7.46. The van der Waals surface area contributed by atoms with Gasteiger partial charge in [-0.25, -0.2) is 4.79 Å². The van der Waals surface area contributed by atoms with Crippen LogP contribution in [0.1, 0.15) is 33.6 Å². The van der Waals surface area contributed by atoms with Crippen LogP contribution in [0.3, 0.4) is 0 Å². The van der Waals surface area contributed by atoms with Gasteiger partial charge in [0.2, 0.25) is 0 Å². The Labute approximate surface area is 120 Å². The molecule has 116 valence electrons. The highest BCUT2D eigenvalue weighted by molar-refractivity contribution is 5.68. The topological polar surface area (TPSA) is 68.2 Å². The average molecular weight is 287 g/mol. The fourth-order valence-corrected chi connectivity index (χ4v) is 2.63. The van der Waals surface area contributed by atoms with Crippen LogP contribution in [-0.4, -0.2) is 66.3 Å². The van der Waals surface area contributed by atoms with Crippen LogP contribution < -0.4 is 0 Å².